The molecule has 0 saturated carbocycles. The van der Waals surface area contributed by atoms with Gasteiger partial charge < -0.3 is 14.6 Å². The van der Waals surface area contributed by atoms with Gasteiger partial charge in [-0.1, -0.05) is 36.4 Å². The van der Waals surface area contributed by atoms with Gasteiger partial charge in [-0.05, 0) is 23.8 Å². The number of carbonyl (C=O) groups is 2. The lowest BCUT2D eigenvalue weighted by Gasteiger charge is -2.16. The Labute approximate surface area is 184 Å². The molecule has 2 N–H and O–H groups in total. The first-order chi connectivity index (χ1) is 15.3. The van der Waals surface area contributed by atoms with E-state index < -0.39 is 15.9 Å². The lowest BCUT2D eigenvalue weighted by atomic mass is 10.2. The Morgan fingerprint density at radius 1 is 1.09 bits per heavy atom. The summed E-state index contributed by atoms with van der Waals surface area (Å²) in [4.78, 5) is 32.4. The first-order valence-corrected chi connectivity index (χ1v) is 11.6. The lowest BCUT2D eigenvalue weighted by Crippen LogP contribution is -2.31. The molecule has 11 heteroatoms. The molecule has 4 rings (SSSR count). The Bertz CT molecular complexity index is 1240. The molecule has 1 aliphatic heterocycles. The number of urea groups is 1. The number of hydrogen-bond donors (Lipinski definition) is 2. The number of amides is 3. The van der Waals surface area contributed by atoms with Crippen LogP contribution in [0.25, 0.3) is 0 Å². The van der Waals surface area contributed by atoms with Crippen molar-refractivity contribution in [2.75, 3.05) is 34.3 Å². The van der Waals surface area contributed by atoms with Crippen LogP contribution in [0.4, 0.5) is 22.2 Å². The van der Waals surface area contributed by atoms with E-state index in [2.05, 4.69) is 15.0 Å². The fraction of sp³-hybridized carbons (Fsp3) is 0.190. The number of aromatic nitrogens is 1. The zero-order chi connectivity index (χ0) is 22.7. The summed E-state index contributed by atoms with van der Waals surface area (Å²) >= 11 is 0. The van der Waals surface area contributed by atoms with Crippen molar-refractivity contribution in [1.29, 1.82) is 0 Å². The van der Waals surface area contributed by atoms with E-state index in [4.69, 9.17) is 4.42 Å². The van der Waals surface area contributed by atoms with Crippen LogP contribution in [0.3, 0.4) is 0 Å². The highest BCUT2D eigenvalue weighted by atomic mass is 32.2. The number of rotatable bonds is 7. The predicted molar refractivity (Wildman–Crippen MR) is 119 cm³/mol. The second-order valence-corrected chi connectivity index (χ2v) is 9.01. The average molecular weight is 455 g/mol. The van der Waals surface area contributed by atoms with Gasteiger partial charge in [0.25, 0.3) is 5.91 Å². The summed E-state index contributed by atoms with van der Waals surface area (Å²) in [5, 5.41) is 2.62. The van der Waals surface area contributed by atoms with E-state index in [1.54, 1.807) is 23.1 Å². The van der Waals surface area contributed by atoms with Crippen LogP contribution in [0.15, 0.2) is 65.2 Å². The van der Waals surface area contributed by atoms with Crippen molar-refractivity contribution in [3.63, 3.8) is 0 Å². The molecule has 166 valence electrons. The molecule has 1 aliphatic rings. The molecule has 0 bridgehead atoms. The van der Waals surface area contributed by atoms with E-state index in [0.29, 0.717) is 31.0 Å². The minimum atomic E-state index is -3.44. The zero-order valence-electron chi connectivity index (χ0n) is 17.2. The summed E-state index contributed by atoms with van der Waals surface area (Å²) < 4.78 is 30.6. The van der Waals surface area contributed by atoms with Gasteiger partial charge in [0.1, 0.15) is 0 Å². The van der Waals surface area contributed by atoms with E-state index >= 15 is 0 Å². The number of nitrogens with zero attached hydrogens (tertiary/aromatic N) is 3. The summed E-state index contributed by atoms with van der Waals surface area (Å²) in [5.41, 5.74) is 1.69. The monoisotopic (exact) mass is 455 g/mol. The van der Waals surface area contributed by atoms with Gasteiger partial charge in [0.15, 0.2) is 0 Å². The van der Waals surface area contributed by atoms with Gasteiger partial charge in [0.05, 0.1) is 18.1 Å². The minimum Gasteiger partial charge on any atom is -0.418 e. The van der Waals surface area contributed by atoms with Crippen molar-refractivity contribution in [1.82, 2.24) is 9.88 Å². The molecule has 1 fully saturated rings. The third kappa shape index (κ3) is 5.06. The second-order valence-electron chi connectivity index (χ2n) is 7.26. The van der Waals surface area contributed by atoms with Crippen LogP contribution in [-0.2, 0) is 16.6 Å². The summed E-state index contributed by atoms with van der Waals surface area (Å²) in [7, 11) is -3.44. The first-order valence-electron chi connectivity index (χ1n) is 9.74. The van der Waals surface area contributed by atoms with Gasteiger partial charge in [0.2, 0.25) is 15.8 Å². The largest absolute Gasteiger partial charge is 0.418 e. The van der Waals surface area contributed by atoms with Crippen LogP contribution < -0.4 is 14.9 Å². The maximum atomic E-state index is 12.7. The highest BCUT2D eigenvalue weighted by Gasteiger charge is 2.33. The number of hydrogen-bond acceptors (Lipinski definition) is 6. The van der Waals surface area contributed by atoms with E-state index in [1.165, 1.54) is 17.2 Å². The fourth-order valence-electron chi connectivity index (χ4n) is 3.27. The van der Waals surface area contributed by atoms with E-state index in [-0.39, 0.29) is 17.8 Å². The molecule has 0 aliphatic carbocycles. The molecule has 0 radical (unpaired) electrons. The van der Waals surface area contributed by atoms with Gasteiger partial charge in [-0.25, -0.2) is 23.1 Å². The van der Waals surface area contributed by atoms with Crippen LogP contribution >= 0.6 is 0 Å². The third-order valence-corrected chi connectivity index (χ3v) is 5.29. The van der Waals surface area contributed by atoms with Gasteiger partial charge in [-0.3, -0.25) is 9.52 Å². The lowest BCUT2D eigenvalue weighted by molar-refractivity contribution is 0.0997. The molecule has 0 atom stereocenters. The van der Waals surface area contributed by atoms with Crippen LogP contribution in [0.2, 0.25) is 0 Å². The van der Waals surface area contributed by atoms with E-state index in [0.717, 1.165) is 11.8 Å². The number of oxazole rings is 1. The van der Waals surface area contributed by atoms with Crippen LogP contribution in [0.1, 0.15) is 16.1 Å². The normalized spacial score (nSPS) is 14.0. The van der Waals surface area contributed by atoms with Gasteiger partial charge >= 0.3 is 12.0 Å². The number of benzene rings is 2. The highest BCUT2D eigenvalue weighted by Crippen LogP contribution is 2.23. The summed E-state index contributed by atoms with van der Waals surface area (Å²) in [6, 6.07) is 15.7. The number of sulfonamides is 1. The molecule has 3 amide bonds. The Balaban J connectivity index is 1.41. The number of nitrogens with one attached hydrogen (secondary N) is 2. The second kappa shape index (κ2) is 8.71. The Morgan fingerprint density at radius 3 is 2.59 bits per heavy atom. The molecule has 3 aromatic rings. The van der Waals surface area contributed by atoms with Crippen LogP contribution in [0.5, 0.6) is 0 Å². The van der Waals surface area contributed by atoms with Crippen molar-refractivity contribution < 1.29 is 22.4 Å². The third-order valence-electron chi connectivity index (χ3n) is 4.68. The van der Waals surface area contributed by atoms with Gasteiger partial charge in [-0.2, -0.15) is 0 Å². The molecule has 0 unspecified atom stereocenters. The predicted octanol–water partition coefficient (Wildman–Crippen LogP) is 2.74. The molecular weight excluding hydrogens is 434 g/mol. The summed E-state index contributed by atoms with van der Waals surface area (Å²) in [6.45, 7) is 1.38. The van der Waals surface area contributed by atoms with Crippen molar-refractivity contribution >= 4 is 39.4 Å². The zero-order valence-corrected chi connectivity index (χ0v) is 18.0. The number of carbonyl (C=O) groups excluding carboxylic acids is 2. The first kappa shape index (κ1) is 21.4. The van der Waals surface area contributed by atoms with Gasteiger partial charge in [-0.15, -0.1) is 0 Å². The molecular formula is C21H21N5O5S. The molecule has 0 spiro atoms. The van der Waals surface area contributed by atoms with Gasteiger partial charge in [0, 0.05) is 25.3 Å². The standard InChI is InChI=1S/C21H21N5O5S/c1-32(29,30)24-17-9-5-8-16(12-17)23-19(27)18-13-22-20(31-18)26-11-10-25(21(26)28)14-15-6-3-2-4-7-15/h2-9,12-13,24H,10-11,14H2,1H3,(H,23,27). The minimum absolute atomic E-state index is 0.0446. The van der Waals surface area contributed by atoms with E-state index in [1.807, 2.05) is 30.3 Å². The Morgan fingerprint density at radius 2 is 1.84 bits per heavy atom. The average Bonchev–Trinajstić information content (AvgIpc) is 3.35. The summed E-state index contributed by atoms with van der Waals surface area (Å²) in [6.07, 6.45) is 2.28. The molecule has 1 saturated heterocycles. The molecule has 2 heterocycles. The number of anilines is 3. The van der Waals surface area contributed by atoms with Crippen LogP contribution in [0, 0.1) is 0 Å². The Kier molecular flexibility index (Phi) is 5.82. The molecule has 1 aromatic heterocycles. The highest BCUT2D eigenvalue weighted by molar-refractivity contribution is 7.92. The van der Waals surface area contributed by atoms with Crippen molar-refractivity contribution in [3.05, 3.63) is 72.1 Å². The molecule has 32 heavy (non-hydrogen) atoms. The molecule has 2 aromatic carbocycles. The quantitative estimate of drug-likeness (QED) is 0.564. The van der Waals surface area contributed by atoms with E-state index in [9.17, 15) is 18.0 Å². The maximum absolute atomic E-state index is 12.7. The Hall–Kier alpha value is -3.86. The fourth-order valence-corrected chi connectivity index (χ4v) is 3.83. The summed E-state index contributed by atoms with van der Waals surface area (Å²) in [5.74, 6) is -0.649. The van der Waals surface area contributed by atoms with Crippen molar-refractivity contribution in [3.8, 4) is 0 Å². The smallest absolute Gasteiger partial charge is 0.328 e. The topological polar surface area (TPSA) is 125 Å². The van der Waals surface area contributed by atoms with Crippen molar-refractivity contribution in [2.45, 2.75) is 6.54 Å². The maximum Gasteiger partial charge on any atom is 0.328 e. The molecule has 10 nitrogen and oxygen atoms in total. The van der Waals surface area contributed by atoms with Crippen LogP contribution in [-0.4, -0.2) is 49.6 Å². The van der Waals surface area contributed by atoms with Crippen molar-refractivity contribution in [2.24, 2.45) is 0 Å². The SMILES string of the molecule is CS(=O)(=O)Nc1cccc(NC(=O)c2cnc(N3CCN(Cc4ccccc4)C3=O)o2)c1.